The van der Waals surface area contributed by atoms with Crippen LogP contribution in [-0.2, 0) is 23.0 Å². The summed E-state index contributed by atoms with van der Waals surface area (Å²) in [5.41, 5.74) is 8.55. The van der Waals surface area contributed by atoms with E-state index in [1.807, 2.05) is 18.2 Å². The molecule has 0 unspecified atom stereocenters. The highest BCUT2D eigenvalue weighted by Crippen LogP contribution is 2.25. The summed E-state index contributed by atoms with van der Waals surface area (Å²) in [7, 11) is -3.52. The second-order valence-electron chi connectivity index (χ2n) is 4.95. The molecular formula is C13H16N4O2S. The van der Waals surface area contributed by atoms with Crippen LogP contribution in [0.2, 0.25) is 0 Å². The lowest BCUT2D eigenvalue weighted by molar-refractivity contribution is 0.390. The van der Waals surface area contributed by atoms with E-state index in [2.05, 4.69) is 9.97 Å². The topological polar surface area (TPSA) is 92.1 Å². The second kappa shape index (κ2) is 4.60. The van der Waals surface area contributed by atoms with Crippen molar-refractivity contribution >= 4 is 15.7 Å². The zero-order valence-corrected chi connectivity index (χ0v) is 11.9. The fourth-order valence-corrected chi connectivity index (χ4v) is 3.81. The Morgan fingerprint density at radius 3 is 2.85 bits per heavy atom. The van der Waals surface area contributed by atoms with Crippen LogP contribution in [-0.4, -0.2) is 29.2 Å². The molecule has 0 radical (unpaired) electrons. The summed E-state index contributed by atoms with van der Waals surface area (Å²) < 4.78 is 26.5. The van der Waals surface area contributed by atoms with E-state index in [9.17, 15) is 8.42 Å². The predicted molar refractivity (Wildman–Crippen MR) is 75.5 cm³/mol. The summed E-state index contributed by atoms with van der Waals surface area (Å²) in [6, 6.07) is 5.66. The van der Waals surface area contributed by atoms with E-state index in [4.69, 9.17) is 5.73 Å². The largest absolute Gasteiger partial charge is 0.399 e. The van der Waals surface area contributed by atoms with Gasteiger partial charge in [-0.3, -0.25) is 0 Å². The Morgan fingerprint density at radius 2 is 2.15 bits per heavy atom. The molecule has 1 aliphatic heterocycles. The fraction of sp³-hybridized carbons (Fsp3) is 0.308. The third-order valence-corrected chi connectivity index (χ3v) is 5.26. The zero-order chi connectivity index (χ0) is 14.3. The molecule has 0 saturated heterocycles. The van der Waals surface area contributed by atoms with Gasteiger partial charge in [-0.05, 0) is 36.6 Å². The third kappa shape index (κ3) is 2.19. The number of H-pyrrole nitrogens is 1. The smallest absolute Gasteiger partial charge is 0.260 e. The Hall–Kier alpha value is -1.86. The Kier molecular flexibility index (Phi) is 3.02. The van der Waals surface area contributed by atoms with Gasteiger partial charge in [-0.1, -0.05) is 6.07 Å². The molecule has 1 aromatic carbocycles. The predicted octanol–water partition coefficient (Wildman–Crippen LogP) is 1.05. The van der Waals surface area contributed by atoms with Gasteiger partial charge in [0.25, 0.3) is 10.0 Å². The number of nitrogens with two attached hydrogens (primary N) is 1. The molecule has 3 N–H and O–H groups in total. The number of hydrogen-bond donors (Lipinski definition) is 2. The Balaban J connectivity index is 1.93. The molecule has 106 valence electrons. The van der Waals surface area contributed by atoms with Crippen molar-refractivity contribution in [3.63, 3.8) is 0 Å². The summed E-state index contributed by atoms with van der Waals surface area (Å²) in [6.07, 6.45) is 2.06. The second-order valence-corrected chi connectivity index (χ2v) is 6.86. The molecule has 0 aliphatic carbocycles. The lowest BCUT2D eigenvalue weighted by Crippen LogP contribution is -2.36. The van der Waals surface area contributed by atoms with Crippen molar-refractivity contribution in [2.24, 2.45) is 0 Å². The minimum atomic E-state index is -3.52. The van der Waals surface area contributed by atoms with Gasteiger partial charge in [0.2, 0.25) is 0 Å². The lowest BCUT2D eigenvalue weighted by Gasteiger charge is -2.27. The molecule has 3 rings (SSSR count). The first kappa shape index (κ1) is 13.1. The third-order valence-electron chi connectivity index (χ3n) is 3.50. The molecule has 2 heterocycles. The normalized spacial score (nSPS) is 16.1. The number of aryl methyl sites for hydroxylation is 1. The maximum atomic E-state index is 12.5. The van der Waals surface area contributed by atoms with Crippen LogP contribution in [0.4, 0.5) is 5.69 Å². The number of anilines is 1. The van der Waals surface area contributed by atoms with E-state index in [1.165, 1.54) is 10.5 Å². The van der Waals surface area contributed by atoms with Crippen molar-refractivity contribution in [2.45, 2.75) is 24.9 Å². The number of benzene rings is 1. The summed E-state index contributed by atoms with van der Waals surface area (Å²) >= 11 is 0. The first-order valence-electron chi connectivity index (χ1n) is 6.36. The van der Waals surface area contributed by atoms with Crippen molar-refractivity contribution in [3.8, 4) is 0 Å². The van der Waals surface area contributed by atoms with Gasteiger partial charge in [0.1, 0.15) is 5.82 Å². The fourth-order valence-electron chi connectivity index (χ4n) is 2.42. The van der Waals surface area contributed by atoms with Gasteiger partial charge in [-0.15, -0.1) is 0 Å². The minimum Gasteiger partial charge on any atom is -0.399 e. The number of nitrogen functional groups attached to an aromatic ring is 1. The first-order chi connectivity index (χ1) is 9.46. The van der Waals surface area contributed by atoms with E-state index < -0.39 is 10.0 Å². The van der Waals surface area contributed by atoms with Crippen LogP contribution >= 0.6 is 0 Å². The van der Waals surface area contributed by atoms with Crippen molar-refractivity contribution in [1.29, 1.82) is 0 Å². The molecule has 0 atom stereocenters. The van der Waals surface area contributed by atoms with Crippen LogP contribution in [0.1, 0.15) is 17.0 Å². The number of rotatable bonds is 2. The maximum absolute atomic E-state index is 12.5. The highest BCUT2D eigenvalue weighted by Gasteiger charge is 2.29. The Labute approximate surface area is 117 Å². The van der Waals surface area contributed by atoms with Crippen LogP contribution in [0.15, 0.2) is 29.4 Å². The Bertz CT molecular complexity index is 751. The molecule has 0 bridgehead atoms. The molecule has 7 heteroatoms. The van der Waals surface area contributed by atoms with Crippen LogP contribution in [0.5, 0.6) is 0 Å². The van der Waals surface area contributed by atoms with Crippen LogP contribution in [0, 0.1) is 6.92 Å². The summed E-state index contributed by atoms with van der Waals surface area (Å²) in [5.74, 6) is 0.588. The van der Waals surface area contributed by atoms with Gasteiger partial charge in [-0.2, -0.15) is 4.31 Å². The van der Waals surface area contributed by atoms with Gasteiger partial charge in [0.05, 0.1) is 6.20 Å². The van der Waals surface area contributed by atoms with E-state index in [0.29, 0.717) is 31.0 Å². The van der Waals surface area contributed by atoms with Crippen molar-refractivity contribution in [3.05, 3.63) is 41.3 Å². The first-order valence-corrected chi connectivity index (χ1v) is 7.80. The van der Waals surface area contributed by atoms with E-state index >= 15 is 0 Å². The average molecular weight is 292 g/mol. The number of aromatic amines is 1. The highest BCUT2D eigenvalue weighted by molar-refractivity contribution is 7.89. The lowest BCUT2D eigenvalue weighted by atomic mass is 10.0. The monoisotopic (exact) mass is 292 g/mol. The molecule has 0 fully saturated rings. The molecule has 1 aliphatic rings. The SMILES string of the molecule is Cc1ncc(S(=O)(=O)N2CCc3ccc(N)cc3C2)[nH]1. The molecule has 1 aromatic heterocycles. The molecule has 0 saturated carbocycles. The van der Waals surface area contributed by atoms with E-state index in [-0.39, 0.29) is 5.03 Å². The molecule has 20 heavy (non-hydrogen) atoms. The molecule has 0 amide bonds. The number of fused-ring (bicyclic) bond motifs is 1. The number of nitrogens with one attached hydrogen (secondary N) is 1. The number of hydrogen-bond acceptors (Lipinski definition) is 4. The van der Waals surface area contributed by atoms with Gasteiger partial charge in [-0.25, -0.2) is 13.4 Å². The molecule has 6 nitrogen and oxygen atoms in total. The van der Waals surface area contributed by atoms with Gasteiger partial charge >= 0.3 is 0 Å². The average Bonchev–Trinajstić information content (AvgIpc) is 2.85. The number of imidazole rings is 1. The van der Waals surface area contributed by atoms with Crippen LogP contribution in [0.25, 0.3) is 0 Å². The highest BCUT2D eigenvalue weighted by atomic mass is 32.2. The number of sulfonamides is 1. The number of nitrogens with zero attached hydrogens (tertiary/aromatic N) is 2. The van der Waals surface area contributed by atoms with Crippen LogP contribution in [0.3, 0.4) is 0 Å². The standard InChI is InChI=1S/C13H16N4O2S/c1-9-15-7-13(16-9)20(18,19)17-5-4-10-2-3-12(14)6-11(10)8-17/h2-3,6-7H,4-5,8,14H2,1H3,(H,15,16). The minimum absolute atomic E-state index is 0.141. The number of aromatic nitrogens is 2. The van der Waals surface area contributed by atoms with Gasteiger partial charge < -0.3 is 10.7 Å². The zero-order valence-electron chi connectivity index (χ0n) is 11.1. The van der Waals surface area contributed by atoms with Crippen LogP contribution < -0.4 is 5.73 Å². The summed E-state index contributed by atoms with van der Waals surface area (Å²) in [5, 5.41) is 0.141. The van der Waals surface area contributed by atoms with E-state index in [1.54, 1.807) is 6.92 Å². The summed E-state index contributed by atoms with van der Waals surface area (Å²) in [6.45, 7) is 2.54. The van der Waals surface area contributed by atoms with Crippen molar-refractivity contribution in [1.82, 2.24) is 14.3 Å². The van der Waals surface area contributed by atoms with Gasteiger partial charge in [0, 0.05) is 18.8 Å². The maximum Gasteiger partial charge on any atom is 0.260 e. The molecular weight excluding hydrogens is 276 g/mol. The quantitative estimate of drug-likeness (QED) is 0.809. The Morgan fingerprint density at radius 1 is 1.35 bits per heavy atom. The summed E-state index contributed by atoms with van der Waals surface area (Å²) in [4.78, 5) is 6.74. The van der Waals surface area contributed by atoms with Crippen molar-refractivity contribution in [2.75, 3.05) is 12.3 Å². The van der Waals surface area contributed by atoms with Gasteiger partial charge in [0.15, 0.2) is 5.03 Å². The van der Waals surface area contributed by atoms with E-state index in [0.717, 1.165) is 11.1 Å². The molecule has 0 spiro atoms. The van der Waals surface area contributed by atoms with Crippen molar-refractivity contribution < 1.29 is 8.42 Å². The molecule has 2 aromatic rings.